The first-order valence-corrected chi connectivity index (χ1v) is 14.0. The van der Waals surface area contributed by atoms with Crippen molar-refractivity contribution in [2.24, 2.45) is 0 Å². The molecule has 1 aromatic carbocycles. The number of benzene rings is 1. The minimum absolute atomic E-state index is 0.445. The standard InChI is InChI=1S/C19H32O6Si2/c1-21-16-12-14(13-17(22-2)18(16)23-3)11-15(9-7-8-10-26)19(20)24-25-27(4,5)6/h11-13H,7-10H2,1-6,26H3. The molecule has 0 heterocycles. The van der Waals surface area contributed by atoms with Crippen LogP contribution in [-0.4, -0.2) is 45.9 Å². The molecule has 0 fully saturated rings. The van der Waals surface area contributed by atoms with Crippen LogP contribution >= 0.6 is 0 Å². The van der Waals surface area contributed by atoms with Crippen molar-refractivity contribution in [1.29, 1.82) is 0 Å². The molecular weight excluding hydrogens is 380 g/mol. The molecule has 0 bridgehead atoms. The maximum Gasteiger partial charge on any atom is 0.367 e. The van der Waals surface area contributed by atoms with Gasteiger partial charge in [-0.2, -0.15) is 0 Å². The minimum atomic E-state index is -1.96. The molecule has 8 heteroatoms. The van der Waals surface area contributed by atoms with Gasteiger partial charge in [0.15, 0.2) is 11.5 Å². The van der Waals surface area contributed by atoms with Gasteiger partial charge in [-0.1, -0.05) is 12.5 Å². The molecule has 0 radical (unpaired) electrons. The zero-order valence-corrected chi connectivity index (χ0v) is 20.5. The fourth-order valence-corrected chi connectivity index (χ4v) is 3.23. The van der Waals surface area contributed by atoms with Crippen molar-refractivity contribution >= 4 is 30.6 Å². The molecule has 1 rings (SSSR count). The Morgan fingerprint density at radius 1 is 1.04 bits per heavy atom. The first-order chi connectivity index (χ1) is 12.8. The highest BCUT2D eigenvalue weighted by Gasteiger charge is 2.21. The SMILES string of the molecule is COc1cc(C=C(CCCC[SiH3])C(=O)OO[Si](C)(C)C)cc(OC)c1OC. The zero-order chi connectivity index (χ0) is 20.4. The Morgan fingerprint density at radius 2 is 1.63 bits per heavy atom. The highest BCUT2D eigenvalue weighted by atomic mass is 28.4. The van der Waals surface area contributed by atoms with E-state index in [9.17, 15) is 4.79 Å². The normalized spacial score (nSPS) is 12.0. The van der Waals surface area contributed by atoms with Crippen molar-refractivity contribution in [1.82, 2.24) is 0 Å². The van der Waals surface area contributed by atoms with Gasteiger partial charge in [0, 0.05) is 15.8 Å². The molecule has 0 aliphatic carbocycles. The predicted molar refractivity (Wildman–Crippen MR) is 113 cm³/mol. The van der Waals surface area contributed by atoms with Crippen molar-refractivity contribution in [3.8, 4) is 17.2 Å². The van der Waals surface area contributed by atoms with Gasteiger partial charge in [-0.3, -0.25) is 0 Å². The van der Waals surface area contributed by atoms with E-state index < -0.39 is 14.3 Å². The second kappa shape index (κ2) is 11.2. The highest BCUT2D eigenvalue weighted by Crippen LogP contribution is 2.38. The van der Waals surface area contributed by atoms with Gasteiger partial charge in [0.2, 0.25) is 14.1 Å². The van der Waals surface area contributed by atoms with Gasteiger partial charge in [0.05, 0.1) is 21.3 Å². The van der Waals surface area contributed by atoms with Crippen LogP contribution in [0.5, 0.6) is 17.2 Å². The van der Waals surface area contributed by atoms with Crippen molar-refractivity contribution in [3.63, 3.8) is 0 Å². The molecule has 27 heavy (non-hydrogen) atoms. The molecule has 0 atom stereocenters. The summed E-state index contributed by atoms with van der Waals surface area (Å²) < 4.78 is 21.5. The number of methoxy groups -OCH3 is 3. The molecule has 0 spiro atoms. The highest BCUT2D eigenvalue weighted by molar-refractivity contribution is 6.69. The van der Waals surface area contributed by atoms with Gasteiger partial charge in [-0.05, 0) is 56.3 Å². The number of unbranched alkanes of at least 4 members (excludes halogenated alkanes) is 1. The molecule has 1 aromatic rings. The summed E-state index contributed by atoms with van der Waals surface area (Å²) >= 11 is 0. The quantitative estimate of drug-likeness (QED) is 0.183. The molecule has 0 N–H and O–H groups in total. The van der Waals surface area contributed by atoms with Crippen molar-refractivity contribution in [3.05, 3.63) is 23.3 Å². The number of hydrogen-bond acceptors (Lipinski definition) is 6. The van der Waals surface area contributed by atoms with E-state index in [-0.39, 0.29) is 0 Å². The van der Waals surface area contributed by atoms with Gasteiger partial charge in [0.25, 0.3) is 0 Å². The van der Waals surface area contributed by atoms with Gasteiger partial charge in [0.1, 0.15) is 0 Å². The van der Waals surface area contributed by atoms with Crippen LogP contribution in [0.2, 0.25) is 25.7 Å². The fourth-order valence-electron chi connectivity index (χ4n) is 2.40. The summed E-state index contributed by atoms with van der Waals surface area (Å²) in [5, 5.41) is 0. The summed E-state index contributed by atoms with van der Waals surface area (Å²) in [7, 11) is 3.89. The Hall–Kier alpha value is -1.78. The Morgan fingerprint density at radius 3 is 2.07 bits per heavy atom. The molecule has 0 aliphatic heterocycles. The molecule has 0 aromatic heterocycles. The van der Waals surface area contributed by atoms with E-state index >= 15 is 0 Å². The molecule has 0 unspecified atom stereocenters. The van der Waals surface area contributed by atoms with Crippen LogP contribution in [0.4, 0.5) is 0 Å². The number of ether oxygens (including phenoxy) is 3. The fraction of sp³-hybridized carbons (Fsp3) is 0.526. The maximum atomic E-state index is 12.5. The lowest BCUT2D eigenvalue weighted by molar-refractivity contribution is -0.214. The number of carbonyl (C=O) groups is 1. The molecule has 6 nitrogen and oxygen atoms in total. The van der Waals surface area contributed by atoms with Crippen molar-refractivity contribution in [2.45, 2.75) is 44.9 Å². The summed E-state index contributed by atoms with van der Waals surface area (Å²) in [6.07, 6.45) is 4.46. The molecule has 0 aliphatic rings. The lowest BCUT2D eigenvalue weighted by atomic mass is 10.0. The smallest absolute Gasteiger partial charge is 0.367 e. The first-order valence-electron chi connectivity index (χ1n) is 9.16. The molecule has 152 valence electrons. The monoisotopic (exact) mass is 412 g/mol. The number of rotatable bonds is 11. The van der Waals surface area contributed by atoms with E-state index in [4.69, 9.17) is 23.7 Å². The summed E-state index contributed by atoms with van der Waals surface area (Å²) in [6, 6.07) is 4.82. The summed E-state index contributed by atoms with van der Waals surface area (Å²) in [5.41, 5.74) is 1.34. The van der Waals surface area contributed by atoms with E-state index in [1.807, 2.05) is 19.6 Å². The number of hydrogen-bond donors (Lipinski definition) is 0. The van der Waals surface area contributed by atoms with E-state index in [1.54, 1.807) is 39.5 Å². The lowest BCUT2D eigenvalue weighted by Gasteiger charge is -2.16. The Bertz CT molecular complexity index is 627. The second-order valence-corrected chi connectivity index (χ2v) is 12.5. The molecule has 0 saturated carbocycles. The average molecular weight is 413 g/mol. The molecular formula is C19H32O6Si2. The first kappa shape index (κ1) is 23.3. The van der Waals surface area contributed by atoms with Crippen molar-refractivity contribution < 1.29 is 28.5 Å². The van der Waals surface area contributed by atoms with Crippen LogP contribution < -0.4 is 14.2 Å². The van der Waals surface area contributed by atoms with E-state index in [2.05, 4.69) is 0 Å². The van der Waals surface area contributed by atoms with E-state index in [0.717, 1.165) is 28.6 Å². The summed E-state index contributed by atoms with van der Waals surface area (Å²) in [6.45, 7) is 5.89. The summed E-state index contributed by atoms with van der Waals surface area (Å²) in [4.78, 5) is 17.7. The van der Waals surface area contributed by atoms with Crippen LogP contribution in [0.3, 0.4) is 0 Å². The predicted octanol–water partition coefficient (Wildman–Crippen LogP) is 3.36. The zero-order valence-electron chi connectivity index (χ0n) is 17.5. The Kier molecular flexibility index (Phi) is 9.61. The second-order valence-electron chi connectivity index (χ2n) is 7.15. The topological polar surface area (TPSA) is 63.2 Å². The average Bonchev–Trinajstić information content (AvgIpc) is 2.63. The van der Waals surface area contributed by atoms with Crippen molar-refractivity contribution in [2.75, 3.05) is 21.3 Å². The number of carbonyl (C=O) groups excluding carboxylic acids is 1. The van der Waals surface area contributed by atoms with Crippen LogP contribution in [-0.2, 0) is 14.3 Å². The van der Waals surface area contributed by atoms with Crippen LogP contribution in [0, 0.1) is 0 Å². The third kappa shape index (κ3) is 7.78. The van der Waals surface area contributed by atoms with Gasteiger partial charge in [-0.25, -0.2) is 9.37 Å². The third-order valence-electron chi connectivity index (χ3n) is 3.71. The van der Waals surface area contributed by atoms with Crippen LogP contribution in [0.25, 0.3) is 6.08 Å². The van der Waals surface area contributed by atoms with E-state index in [1.165, 1.54) is 6.04 Å². The Balaban J connectivity index is 3.19. The van der Waals surface area contributed by atoms with Crippen LogP contribution in [0.15, 0.2) is 17.7 Å². The van der Waals surface area contributed by atoms with Gasteiger partial charge >= 0.3 is 5.97 Å². The van der Waals surface area contributed by atoms with Gasteiger partial charge < -0.3 is 19.1 Å². The lowest BCUT2D eigenvalue weighted by Crippen LogP contribution is -2.27. The molecule has 0 saturated heterocycles. The molecule has 0 amide bonds. The van der Waals surface area contributed by atoms with E-state index in [0.29, 0.717) is 29.2 Å². The third-order valence-corrected chi connectivity index (χ3v) is 5.00. The van der Waals surface area contributed by atoms with Crippen LogP contribution in [0.1, 0.15) is 24.8 Å². The summed E-state index contributed by atoms with van der Waals surface area (Å²) in [5.74, 6) is 1.14. The Labute approximate surface area is 166 Å². The largest absolute Gasteiger partial charge is 0.493 e. The minimum Gasteiger partial charge on any atom is -0.493 e. The van der Waals surface area contributed by atoms with Gasteiger partial charge in [-0.15, -0.1) is 0 Å². The maximum absolute atomic E-state index is 12.5.